The van der Waals surface area contributed by atoms with Crippen LogP contribution in [0.3, 0.4) is 0 Å². The molecule has 0 atom stereocenters. The first kappa shape index (κ1) is 12.5. The number of carbonyl (C=O) groups is 1. The minimum absolute atomic E-state index is 0.0824. The van der Waals surface area contributed by atoms with E-state index in [-0.39, 0.29) is 18.1 Å². The number of carbonyl (C=O) groups excluding carboxylic acids is 1. The van der Waals surface area contributed by atoms with Crippen molar-refractivity contribution in [2.75, 3.05) is 18.0 Å². The van der Waals surface area contributed by atoms with Crippen molar-refractivity contribution in [3.63, 3.8) is 0 Å². The monoisotopic (exact) mass is 279 g/mol. The Labute approximate surface area is 113 Å². The van der Waals surface area contributed by atoms with Gasteiger partial charge in [-0.15, -0.1) is 5.10 Å². The molecule has 0 aliphatic carbocycles. The Hall–Kier alpha value is -2.51. The van der Waals surface area contributed by atoms with Crippen molar-refractivity contribution >= 4 is 11.8 Å². The summed E-state index contributed by atoms with van der Waals surface area (Å²) >= 11 is 0. The lowest BCUT2D eigenvalue weighted by Crippen LogP contribution is -2.27. The number of anilines is 1. The van der Waals surface area contributed by atoms with E-state index in [1.54, 1.807) is 0 Å². The molecule has 3 rings (SSSR count). The van der Waals surface area contributed by atoms with Crippen LogP contribution in [0.15, 0.2) is 24.4 Å². The molecule has 1 aliphatic heterocycles. The van der Waals surface area contributed by atoms with Crippen molar-refractivity contribution in [2.24, 2.45) is 0 Å². The van der Waals surface area contributed by atoms with Gasteiger partial charge in [-0.1, -0.05) is 11.3 Å². The molecule has 104 valence electrons. The molecule has 1 N–H and O–H groups in total. The molecule has 1 aromatic carbocycles. The van der Waals surface area contributed by atoms with E-state index in [1.165, 1.54) is 34.0 Å². The molecule has 1 saturated heterocycles. The van der Waals surface area contributed by atoms with Crippen LogP contribution in [0.1, 0.15) is 5.56 Å². The normalized spacial score (nSPS) is 14.7. The summed E-state index contributed by atoms with van der Waals surface area (Å²) in [6.07, 6.45) is 1.48. The summed E-state index contributed by atoms with van der Waals surface area (Å²) in [5.41, 5.74) is -0.0881. The van der Waals surface area contributed by atoms with Crippen LogP contribution in [0, 0.1) is 11.6 Å². The van der Waals surface area contributed by atoms with E-state index in [0.29, 0.717) is 18.9 Å². The lowest BCUT2D eigenvalue weighted by molar-refractivity contribution is 0.252. The molecule has 2 amide bonds. The van der Waals surface area contributed by atoms with Gasteiger partial charge in [0.05, 0.1) is 12.7 Å². The largest absolute Gasteiger partial charge is 0.336 e. The molecule has 1 aromatic heterocycles. The maximum atomic E-state index is 13.5. The Balaban J connectivity index is 1.82. The average Bonchev–Trinajstić information content (AvgIpc) is 3.02. The van der Waals surface area contributed by atoms with Gasteiger partial charge in [-0.3, -0.25) is 4.90 Å². The molecule has 0 saturated carbocycles. The van der Waals surface area contributed by atoms with E-state index in [1.807, 2.05) is 0 Å². The highest BCUT2D eigenvalue weighted by atomic mass is 19.1. The fourth-order valence-electron chi connectivity index (χ4n) is 2.02. The van der Waals surface area contributed by atoms with Gasteiger partial charge in [0, 0.05) is 18.7 Å². The van der Waals surface area contributed by atoms with Crippen LogP contribution in [-0.4, -0.2) is 34.1 Å². The van der Waals surface area contributed by atoms with E-state index in [4.69, 9.17) is 0 Å². The maximum Gasteiger partial charge on any atom is 0.323 e. The number of hydrogen-bond acceptors (Lipinski definition) is 3. The second kappa shape index (κ2) is 4.87. The quantitative estimate of drug-likeness (QED) is 0.916. The summed E-state index contributed by atoms with van der Waals surface area (Å²) in [5.74, 6) is -0.918. The molecule has 0 unspecified atom stereocenters. The Kier molecular flexibility index (Phi) is 3.05. The van der Waals surface area contributed by atoms with Gasteiger partial charge in [-0.05, 0) is 12.1 Å². The lowest BCUT2D eigenvalue weighted by Gasteiger charge is -2.08. The van der Waals surface area contributed by atoms with Crippen molar-refractivity contribution in [1.82, 2.24) is 20.3 Å². The molecule has 6 nitrogen and oxygen atoms in total. The smallest absolute Gasteiger partial charge is 0.323 e. The maximum absolute atomic E-state index is 13.5. The molecule has 0 bridgehead atoms. The standard InChI is InChI=1S/C12H11F2N5O/c13-9-2-1-3-10(14)8(9)6-18-7-11(16-17-18)19-5-4-15-12(19)20/h1-3,7H,4-6H2,(H,15,20). The van der Waals surface area contributed by atoms with Crippen molar-refractivity contribution in [2.45, 2.75) is 6.54 Å². The number of amides is 2. The molecule has 2 heterocycles. The molecular weight excluding hydrogens is 268 g/mol. The molecule has 8 heteroatoms. The third-order valence-electron chi connectivity index (χ3n) is 3.04. The highest BCUT2D eigenvalue weighted by molar-refractivity contribution is 5.92. The van der Waals surface area contributed by atoms with E-state index in [9.17, 15) is 13.6 Å². The number of aromatic nitrogens is 3. The molecule has 20 heavy (non-hydrogen) atoms. The topological polar surface area (TPSA) is 63.1 Å². The second-order valence-electron chi connectivity index (χ2n) is 4.36. The number of nitrogens with one attached hydrogen (secondary N) is 1. The van der Waals surface area contributed by atoms with Gasteiger partial charge in [0.15, 0.2) is 5.82 Å². The van der Waals surface area contributed by atoms with Gasteiger partial charge >= 0.3 is 6.03 Å². The minimum Gasteiger partial charge on any atom is -0.336 e. The van der Waals surface area contributed by atoms with Gasteiger partial charge in [0.2, 0.25) is 0 Å². The summed E-state index contributed by atoms with van der Waals surface area (Å²) in [6, 6.07) is 3.42. The zero-order valence-corrected chi connectivity index (χ0v) is 10.4. The summed E-state index contributed by atoms with van der Waals surface area (Å²) in [6.45, 7) is 0.945. The zero-order valence-electron chi connectivity index (χ0n) is 10.4. The van der Waals surface area contributed by atoms with Crippen LogP contribution in [0.5, 0.6) is 0 Å². The van der Waals surface area contributed by atoms with Crippen molar-refractivity contribution in [1.29, 1.82) is 0 Å². The number of benzene rings is 1. The van der Waals surface area contributed by atoms with Crippen LogP contribution < -0.4 is 10.2 Å². The Morgan fingerprint density at radius 1 is 1.30 bits per heavy atom. The second-order valence-corrected chi connectivity index (χ2v) is 4.36. The number of halogens is 2. The Morgan fingerprint density at radius 3 is 2.70 bits per heavy atom. The predicted molar refractivity (Wildman–Crippen MR) is 66.2 cm³/mol. The number of hydrogen-bond donors (Lipinski definition) is 1. The first-order valence-electron chi connectivity index (χ1n) is 6.03. The lowest BCUT2D eigenvalue weighted by atomic mass is 10.2. The highest BCUT2D eigenvalue weighted by Gasteiger charge is 2.23. The predicted octanol–water partition coefficient (Wildman–Crippen LogP) is 1.13. The van der Waals surface area contributed by atoms with Gasteiger partial charge in [-0.25, -0.2) is 18.3 Å². The van der Waals surface area contributed by atoms with E-state index in [0.717, 1.165) is 0 Å². The van der Waals surface area contributed by atoms with Crippen LogP contribution in [0.2, 0.25) is 0 Å². The fourth-order valence-corrected chi connectivity index (χ4v) is 2.02. The highest BCUT2D eigenvalue weighted by Crippen LogP contribution is 2.16. The molecule has 2 aromatic rings. The number of urea groups is 1. The SMILES string of the molecule is O=C1NCCN1c1cn(Cc2c(F)cccc2F)nn1. The fraction of sp³-hybridized carbons (Fsp3) is 0.250. The third-order valence-corrected chi connectivity index (χ3v) is 3.04. The molecule has 1 aliphatic rings. The van der Waals surface area contributed by atoms with Gasteiger partial charge in [0.1, 0.15) is 11.6 Å². The first-order valence-corrected chi connectivity index (χ1v) is 6.03. The molecule has 0 spiro atoms. The minimum atomic E-state index is -0.638. The average molecular weight is 279 g/mol. The van der Waals surface area contributed by atoms with Gasteiger partial charge in [-0.2, -0.15) is 0 Å². The van der Waals surface area contributed by atoms with Crippen LogP contribution in [-0.2, 0) is 6.54 Å². The van der Waals surface area contributed by atoms with E-state index < -0.39 is 11.6 Å². The Bertz CT molecular complexity index is 637. The van der Waals surface area contributed by atoms with Crippen molar-refractivity contribution < 1.29 is 13.6 Å². The van der Waals surface area contributed by atoms with Crippen molar-refractivity contribution in [3.8, 4) is 0 Å². The van der Waals surface area contributed by atoms with Gasteiger partial charge < -0.3 is 5.32 Å². The zero-order chi connectivity index (χ0) is 14.1. The van der Waals surface area contributed by atoms with Crippen molar-refractivity contribution in [3.05, 3.63) is 41.6 Å². The number of nitrogens with zero attached hydrogens (tertiary/aromatic N) is 4. The van der Waals surface area contributed by atoms with Crippen LogP contribution >= 0.6 is 0 Å². The summed E-state index contributed by atoms with van der Waals surface area (Å²) in [7, 11) is 0. The van der Waals surface area contributed by atoms with E-state index in [2.05, 4.69) is 15.6 Å². The summed E-state index contributed by atoms with van der Waals surface area (Å²) in [4.78, 5) is 12.9. The molecular formula is C12H11F2N5O. The molecule has 0 radical (unpaired) electrons. The molecule has 1 fully saturated rings. The van der Waals surface area contributed by atoms with E-state index >= 15 is 0 Å². The summed E-state index contributed by atoms with van der Waals surface area (Å²) in [5, 5.41) is 10.3. The summed E-state index contributed by atoms with van der Waals surface area (Å²) < 4.78 is 28.4. The number of rotatable bonds is 3. The van der Waals surface area contributed by atoms with Crippen LogP contribution in [0.25, 0.3) is 0 Å². The van der Waals surface area contributed by atoms with Crippen LogP contribution in [0.4, 0.5) is 19.4 Å². The Morgan fingerprint density at radius 2 is 2.05 bits per heavy atom. The van der Waals surface area contributed by atoms with Gasteiger partial charge in [0.25, 0.3) is 0 Å². The third kappa shape index (κ3) is 2.20. The first-order chi connectivity index (χ1) is 9.65.